The van der Waals surface area contributed by atoms with Crippen LogP contribution in [0, 0.1) is 5.92 Å². The summed E-state index contributed by atoms with van der Waals surface area (Å²) < 4.78 is 16.9. The summed E-state index contributed by atoms with van der Waals surface area (Å²) in [6, 6.07) is 0.831. The van der Waals surface area contributed by atoms with Gasteiger partial charge in [-0.15, -0.1) is 0 Å². The van der Waals surface area contributed by atoms with Gasteiger partial charge < -0.3 is 29.7 Å². The van der Waals surface area contributed by atoms with Gasteiger partial charge in [-0.05, 0) is 71.6 Å². The zero-order chi connectivity index (χ0) is 22.3. The first-order valence-corrected chi connectivity index (χ1v) is 12.0. The Labute approximate surface area is 187 Å². The number of amides is 1. The lowest BCUT2D eigenvalue weighted by atomic mass is 9.98. The van der Waals surface area contributed by atoms with Crippen LogP contribution in [0.3, 0.4) is 0 Å². The van der Waals surface area contributed by atoms with E-state index in [1.54, 1.807) is 7.05 Å². The molecule has 0 radical (unpaired) electrons. The molecule has 3 rings (SSSR count). The molecule has 2 bridgehead atoms. The lowest BCUT2D eigenvalue weighted by molar-refractivity contribution is 0.00544. The molecule has 2 N–H and O–H groups in total. The van der Waals surface area contributed by atoms with E-state index < -0.39 is 5.60 Å². The molecular formula is C23H42N4O4. The summed E-state index contributed by atoms with van der Waals surface area (Å²) in [7, 11) is 1.81. The van der Waals surface area contributed by atoms with E-state index in [4.69, 9.17) is 14.2 Å². The number of rotatable bonds is 7. The minimum Gasteiger partial charge on any atom is -0.444 e. The van der Waals surface area contributed by atoms with Crippen molar-refractivity contribution in [2.45, 2.75) is 89.4 Å². The molecular weight excluding hydrogens is 396 g/mol. The average Bonchev–Trinajstić information content (AvgIpc) is 3.00. The first-order valence-electron chi connectivity index (χ1n) is 12.0. The Balaban J connectivity index is 1.33. The van der Waals surface area contributed by atoms with E-state index in [-0.39, 0.29) is 18.2 Å². The molecule has 0 spiro atoms. The van der Waals surface area contributed by atoms with Gasteiger partial charge in [0.05, 0.1) is 0 Å². The number of carbonyl (C=O) groups excluding carboxylic acids is 1. The van der Waals surface area contributed by atoms with Crippen LogP contribution >= 0.6 is 0 Å². The smallest absolute Gasteiger partial charge is 0.410 e. The Kier molecular flexibility index (Phi) is 8.84. The van der Waals surface area contributed by atoms with Crippen LogP contribution in [0.4, 0.5) is 4.79 Å². The first-order chi connectivity index (χ1) is 14.9. The van der Waals surface area contributed by atoms with Crippen molar-refractivity contribution in [2.24, 2.45) is 10.9 Å². The van der Waals surface area contributed by atoms with E-state index in [1.807, 2.05) is 25.7 Å². The van der Waals surface area contributed by atoms with E-state index in [1.165, 1.54) is 0 Å². The standard InChI is InChI=1S/C23H42N4O4/c1-23(2,3)31-22(28)27-19-6-7-20(27)15-18(14-19)26-21(24-4)25-10-5-11-30-16-17-8-12-29-13-9-17/h17-20H,5-16H2,1-4H3,(H2,24,25,26). The molecule has 0 aromatic heterocycles. The molecule has 1 amide bonds. The number of aliphatic imine (C=N–C) groups is 1. The van der Waals surface area contributed by atoms with Gasteiger partial charge in [-0.2, -0.15) is 0 Å². The highest BCUT2D eigenvalue weighted by atomic mass is 16.6. The number of guanidine groups is 1. The third-order valence-electron chi connectivity index (χ3n) is 6.35. The van der Waals surface area contributed by atoms with Crippen molar-refractivity contribution >= 4 is 12.1 Å². The van der Waals surface area contributed by atoms with Crippen molar-refractivity contribution in [1.29, 1.82) is 0 Å². The molecule has 31 heavy (non-hydrogen) atoms. The molecule has 3 heterocycles. The lowest BCUT2D eigenvalue weighted by Crippen LogP contribution is -2.55. The molecule has 0 aromatic rings. The Bertz CT molecular complexity index is 587. The summed E-state index contributed by atoms with van der Waals surface area (Å²) in [6.07, 6.45) is 6.99. The average molecular weight is 439 g/mol. The van der Waals surface area contributed by atoms with Gasteiger partial charge in [-0.1, -0.05) is 0 Å². The van der Waals surface area contributed by atoms with Gasteiger partial charge in [-0.25, -0.2) is 4.79 Å². The summed E-state index contributed by atoms with van der Waals surface area (Å²) in [4.78, 5) is 19.0. The van der Waals surface area contributed by atoms with Gasteiger partial charge in [-0.3, -0.25) is 4.99 Å². The number of ether oxygens (including phenoxy) is 3. The number of carbonyl (C=O) groups is 1. The van der Waals surface area contributed by atoms with Gasteiger partial charge in [0, 0.05) is 58.1 Å². The molecule has 2 atom stereocenters. The van der Waals surface area contributed by atoms with Crippen LogP contribution in [0.5, 0.6) is 0 Å². The monoisotopic (exact) mass is 438 g/mol. The molecule has 8 nitrogen and oxygen atoms in total. The van der Waals surface area contributed by atoms with Crippen LogP contribution in [-0.4, -0.2) is 80.7 Å². The number of hydrogen-bond acceptors (Lipinski definition) is 5. The second kappa shape index (κ2) is 11.4. The highest BCUT2D eigenvalue weighted by Gasteiger charge is 2.45. The van der Waals surface area contributed by atoms with Crippen LogP contribution < -0.4 is 10.6 Å². The zero-order valence-electron chi connectivity index (χ0n) is 19.8. The third-order valence-corrected chi connectivity index (χ3v) is 6.35. The summed E-state index contributed by atoms with van der Waals surface area (Å²) in [5.74, 6) is 1.48. The minimum absolute atomic E-state index is 0.165. The molecule has 2 unspecified atom stereocenters. The fourth-order valence-electron chi connectivity index (χ4n) is 4.84. The van der Waals surface area contributed by atoms with Gasteiger partial charge >= 0.3 is 6.09 Å². The number of hydrogen-bond donors (Lipinski definition) is 2. The molecule has 3 aliphatic heterocycles. The van der Waals surface area contributed by atoms with Crippen molar-refractivity contribution in [1.82, 2.24) is 15.5 Å². The normalized spacial score (nSPS) is 27.3. The highest BCUT2D eigenvalue weighted by Crippen LogP contribution is 2.36. The Morgan fingerprint density at radius 1 is 1.13 bits per heavy atom. The summed E-state index contributed by atoms with van der Waals surface area (Å²) >= 11 is 0. The maximum absolute atomic E-state index is 12.6. The van der Waals surface area contributed by atoms with E-state index in [2.05, 4.69) is 15.6 Å². The molecule has 0 saturated carbocycles. The zero-order valence-corrected chi connectivity index (χ0v) is 19.8. The summed E-state index contributed by atoms with van der Waals surface area (Å²) in [5.41, 5.74) is -0.452. The molecule has 3 fully saturated rings. The fraction of sp³-hybridized carbons (Fsp3) is 0.913. The molecule has 3 aliphatic rings. The summed E-state index contributed by atoms with van der Waals surface area (Å²) in [6.45, 7) is 9.95. The highest BCUT2D eigenvalue weighted by molar-refractivity contribution is 5.80. The predicted octanol–water partition coefficient (Wildman–Crippen LogP) is 2.92. The quantitative estimate of drug-likeness (QED) is 0.361. The fourth-order valence-corrected chi connectivity index (χ4v) is 4.84. The Morgan fingerprint density at radius 3 is 2.42 bits per heavy atom. The molecule has 178 valence electrons. The van der Waals surface area contributed by atoms with Gasteiger partial charge in [0.15, 0.2) is 5.96 Å². The number of piperidine rings is 1. The van der Waals surface area contributed by atoms with Crippen molar-refractivity contribution in [2.75, 3.05) is 40.0 Å². The Hall–Kier alpha value is -1.54. The third kappa shape index (κ3) is 7.52. The molecule has 8 heteroatoms. The van der Waals surface area contributed by atoms with Crippen molar-refractivity contribution in [3.05, 3.63) is 0 Å². The van der Waals surface area contributed by atoms with E-state index >= 15 is 0 Å². The number of fused-ring (bicyclic) bond motifs is 2. The van der Waals surface area contributed by atoms with E-state index in [9.17, 15) is 4.79 Å². The molecule has 0 aromatic carbocycles. The van der Waals surface area contributed by atoms with Crippen molar-refractivity contribution in [3.63, 3.8) is 0 Å². The van der Waals surface area contributed by atoms with Gasteiger partial charge in [0.1, 0.15) is 5.60 Å². The first kappa shape index (κ1) is 24.1. The molecule has 0 aliphatic carbocycles. The van der Waals surface area contributed by atoms with Crippen LogP contribution in [0.1, 0.15) is 65.7 Å². The Morgan fingerprint density at radius 2 is 1.81 bits per heavy atom. The SMILES string of the molecule is CN=C(NCCCOCC1CCOCC1)NC1CC2CCC(C1)N2C(=O)OC(C)(C)C. The van der Waals surface area contributed by atoms with E-state index in [0.717, 1.165) is 83.9 Å². The van der Waals surface area contributed by atoms with Crippen LogP contribution in [-0.2, 0) is 14.2 Å². The van der Waals surface area contributed by atoms with Gasteiger partial charge in [0.25, 0.3) is 0 Å². The van der Waals surface area contributed by atoms with Crippen molar-refractivity contribution in [3.8, 4) is 0 Å². The lowest BCUT2D eigenvalue weighted by Gasteiger charge is -2.40. The predicted molar refractivity (Wildman–Crippen MR) is 121 cm³/mol. The second-order valence-corrected chi connectivity index (χ2v) is 10.1. The van der Waals surface area contributed by atoms with Crippen LogP contribution in [0.15, 0.2) is 4.99 Å². The number of nitrogens with zero attached hydrogens (tertiary/aromatic N) is 2. The summed E-state index contributed by atoms with van der Waals surface area (Å²) in [5, 5.41) is 6.97. The van der Waals surface area contributed by atoms with Crippen LogP contribution in [0.2, 0.25) is 0 Å². The van der Waals surface area contributed by atoms with Crippen molar-refractivity contribution < 1.29 is 19.0 Å². The minimum atomic E-state index is -0.452. The maximum Gasteiger partial charge on any atom is 0.410 e. The largest absolute Gasteiger partial charge is 0.444 e. The molecule has 3 saturated heterocycles. The van der Waals surface area contributed by atoms with Crippen LogP contribution in [0.25, 0.3) is 0 Å². The van der Waals surface area contributed by atoms with Gasteiger partial charge in [0.2, 0.25) is 0 Å². The second-order valence-electron chi connectivity index (χ2n) is 10.1. The topological polar surface area (TPSA) is 84.4 Å². The van der Waals surface area contributed by atoms with E-state index in [0.29, 0.717) is 12.0 Å². The number of nitrogens with one attached hydrogen (secondary N) is 2. The maximum atomic E-state index is 12.6.